The zero-order chi connectivity index (χ0) is 51.3. The van der Waals surface area contributed by atoms with Gasteiger partial charge in [0.05, 0.1) is 49.1 Å². The summed E-state index contributed by atoms with van der Waals surface area (Å²) in [6.07, 6.45) is 7.49. The lowest BCUT2D eigenvalue weighted by Crippen LogP contribution is -2.58. The lowest BCUT2D eigenvalue weighted by atomic mass is 9.84. The topological polar surface area (TPSA) is 156 Å². The third-order valence-corrected chi connectivity index (χ3v) is 15.2. The second-order valence-corrected chi connectivity index (χ2v) is 21.4. The van der Waals surface area contributed by atoms with E-state index in [2.05, 4.69) is 72.0 Å². The first-order valence-corrected chi connectivity index (χ1v) is 26.1. The molecule has 0 radical (unpaired) electrons. The van der Waals surface area contributed by atoms with E-state index >= 15 is 0 Å². The molecular formula is C57H75N7O8. The van der Waals surface area contributed by atoms with Crippen molar-refractivity contribution in [2.24, 2.45) is 23.2 Å². The van der Waals surface area contributed by atoms with Crippen molar-refractivity contribution >= 4 is 40.5 Å². The number of aryl methyl sites for hydroxylation is 1. The Morgan fingerprint density at radius 2 is 1.75 bits per heavy atom. The van der Waals surface area contributed by atoms with Gasteiger partial charge in [0, 0.05) is 107 Å². The molecule has 15 nitrogen and oxygen atoms in total. The monoisotopic (exact) mass is 986 g/mol. The van der Waals surface area contributed by atoms with Crippen LogP contribution in [-0.2, 0) is 57.6 Å². The zero-order valence-electron chi connectivity index (χ0n) is 43.7. The van der Waals surface area contributed by atoms with Gasteiger partial charge in [-0.2, -0.15) is 0 Å². The summed E-state index contributed by atoms with van der Waals surface area (Å²) >= 11 is 0. The van der Waals surface area contributed by atoms with E-state index in [4.69, 9.17) is 19.2 Å². The first-order valence-electron chi connectivity index (χ1n) is 26.1. The van der Waals surface area contributed by atoms with E-state index in [-0.39, 0.29) is 61.8 Å². The lowest BCUT2D eigenvalue weighted by Gasteiger charge is -2.36. The number of piperidine rings is 1. The maximum Gasteiger partial charge on any atom is 0.310 e. The van der Waals surface area contributed by atoms with Crippen molar-refractivity contribution in [3.05, 3.63) is 89.8 Å². The van der Waals surface area contributed by atoms with Crippen LogP contribution in [0.3, 0.4) is 0 Å². The Morgan fingerprint density at radius 1 is 0.972 bits per heavy atom. The molecule has 8 rings (SSSR count). The number of benzene rings is 2. The second kappa shape index (κ2) is 22.9. The van der Waals surface area contributed by atoms with E-state index in [0.29, 0.717) is 65.1 Å². The summed E-state index contributed by atoms with van der Waals surface area (Å²) in [5.41, 5.74) is 7.45. The number of likely N-dealkylation sites (N-methyl/N-ethyl adjacent to an activating group) is 1. The second-order valence-electron chi connectivity index (χ2n) is 21.4. The quantitative estimate of drug-likeness (QED) is 0.120. The third kappa shape index (κ3) is 11.6. The molecule has 4 aliphatic heterocycles. The number of pyridine rings is 1. The highest BCUT2D eigenvalue weighted by Crippen LogP contribution is 2.42. The fraction of sp³-hybridized carbons (Fsp3) is 0.544. The smallest absolute Gasteiger partial charge is 0.310 e. The van der Waals surface area contributed by atoms with Crippen LogP contribution >= 0.6 is 0 Å². The largest absolute Gasteiger partial charge is 0.465 e. The van der Waals surface area contributed by atoms with Crippen LogP contribution in [0.5, 0.6) is 0 Å². The fourth-order valence-electron chi connectivity index (χ4n) is 11.3. The SMILES string of the molecule is CCn1c(-c2cccnc2C(C)OC)c2c3cc(ccc31)-c1cccc(c1)CC(NC(=O)C(C(C)C)N(C)C(=O)C1CCN(C(=O)/C=C/CN3CCOCC3)C1)C(=O)N1CCCC(C1)C(=O)OCC(C)(C)C2. The van der Waals surface area contributed by atoms with E-state index in [1.165, 1.54) is 4.90 Å². The number of esters is 1. The van der Waals surface area contributed by atoms with E-state index in [0.717, 1.165) is 63.2 Å². The first kappa shape index (κ1) is 52.4. The Balaban J connectivity index is 1.09. The normalized spacial score (nSPS) is 21.9. The van der Waals surface area contributed by atoms with Crippen molar-refractivity contribution in [1.82, 2.24) is 34.5 Å². The van der Waals surface area contributed by atoms with Crippen LogP contribution in [0.2, 0.25) is 0 Å². The summed E-state index contributed by atoms with van der Waals surface area (Å²) in [6.45, 7) is 18.1. The number of nitrogens with zero attached hydrogens (tertiary/aromatic N) is 6. The van der Waals surface area contributed by atoms with Gasteiger partial charge in [-0.15, -0.1) is 0 Å². The molecule has 5 atom stereocenters. The molecular weight excluding hydrogens is 911 g/mol. The summed E-state index contributed by atoms with van der Waals surface area (Å²) in [5, 5.41) is 4.22. The van der Waals surface area contributed by atoms with E-state index in [9.17, 15) is 24.0 Å². The zero-order valence-corrected chi connectivity index (χ0v) is 43.7. The molecule has 4 aliphatic rings. The number of hydrogen-bond acceptors (Lipinski definition) is 10. The molecule has 4 amide bonds. The van der Waals surface area contributed by atoms with Crippen LogP contribution in [0, 0.1) is 23.2 Å². The number of morpholine rings is 1. The number of likely N-dealkylation sites (tertiary alicyclic amines) is 1. The molecule has 2 aromatic heterocycles. The van der Waals surface area contributed by atoms with Crippen molar-refractivity contribution in [3.8, 4) is 22.4 Å². The van der Waals surface area contributed by atoms with Crippen LogP contribution in [0.25, 0.3) is 33.3 Å². The van der Waals surface area contributed by atoms with Crippen molar-refractivity contribution in [3.63, 3.8) is 0 Å². The van der Waals surface area contributed by atoms with Crippen molar-refractivity contribution < 1.29 is 38.2 Å². The van der Waals surface area contributed by atoms with Gasteiger partial charge in [-0.3, -0.25) is 33.9 Å². The predicted molar refractivity (Wildman–Crippen MR) is 278 cm³/mol. The van der Waals surface area contributed by atoms with Crippen molar-refractivity contribution in [1.29, 1.82) is 0 Å². The van der Waals surface area contributed by atoms with Crippen molar-refractivity contribution in [2.75, 3.05) is 79.8 Å². The molecule has 2 aromatic carbocycles. The van der Waals surface area contributed by atoms with Gasteiger partial charge in [-0.1, -0.05) is 64.1 Å². The number of aromatic nitrogens is 2. The Labute approximate surface area is 425 Å². The third-order valence-electron chi connectivity index (χ3n) is 15.2. The molecule has 0 aliphatic carbocycles. The van der Waals surface area contributed by atoms with Gasteiger partial charge in [0.2, 0.25) is 23.6 Å². The van der Waals surface area contributed by atoms with Crippen LogP contribution in [0.15, 0.2) is 72.9 Å². The molecule has 3 saturated heterocycles. The average Bonchev–Trinajstić information content (AvgIpc) is 4.00. The minimum Gasteiger partial charge on any atom is -0.465 e. The Morgan fingerprint density at radius 3 is 2.50 bits per heavy atom. The highest BCUT2D eigenvalue weighted by molar-refractivity contribution is 5.96. The average molecular weight is 986 g/mol. The van der Waals surface area contributed by atoms with E-state index in [1.54, 1.807) is 36.2 Å². The Kier molecular flexibility index (Phi) is 16.7. The molecule has 15 heteroatoms. The van der Waals surface area contributed by atoms with Crippen LogP contribution in [-0.4, -0.2) is 151 Å². The number of rotatable bonds is 12. The molecule has 386 valence electrons. The number of nitrogens with one attached hydrogen (secondary N) is 1. The molecule has 5 unspecified atom stereocenters. The maximum absolute atomic E-state index is 14.9. The first-order chi connectivity index (χ1) is 34.6. The minimum atomic E-state index is -0.993. The van der Waals surface area contributed by atoms with Gasteiger partial charge in [0.1, 0.15) is 12.1 Å². The molecule has 0 spiro atoms. The Hall–Kier alpha value is -5.90. The number of cyclic esters (lactones) is 1. The van der Waals surface area contributed by atoms with Crippen LogP contribution in [0.1, 0.15) is 83.7 Å². The van der Waals surface area contributed by atoms with Crippen LogP contribution < -0.4 is 5.32 Å². The number of ether oxygens (including phenoxy) is 3. The highest BCUT2D eigenvalue weighted by atomic mass is 16.5. The van der Waals surface area contributed by atoms with E-state index in [1.807, 2.05) is 45.0 Å². The molecule has 0 saturated carbocycles. The van der Waals surface area contributed by atoms with Gasteiger partial charge in [0.25, 0.3) is 0 Å². The Bertz CT molecular complexity index is 2650. The van der Waals surface area contributed by atoms with Gasteiger partial charge in [-0.25, -0.2) is 0 Å². The number of carbonyl (C=O) groups excluding carboxylic acids is 5. The summed E-state index contributed by atoms with van der Waals surface area (Å²) in [7, 11) is 3.34. The summed E-state index contributed by atoms with van der Waals surface area (Å²) in [6, 6.07) is 16.9. The standard InChI is InChI=1S/C57H75N7O8/c1-9-64-48-20-19-41-32-45(48)46(52(64)44-17-11-22-58-50(44)38(4)70-8)33-57(5,6)36-72-56(69)43-16-12-24-63(35-43)55(68)47(31-39-14-10-15-40(41)30-39)59-53(66)51(37(2)3)60(7)54(67)42-21-25-62(34-42)49(65)18-13-23-61-26-28-71-29-27-61/h10-11,13-15,17-20,22,30,32,37-38,42-43,47,51H,9,12,16,21,23-29,31,33-36H2,1-8H3,(H,59,66)/b18-13+. The number of methoxy groups -OCH3 is 1. The fourth-order valence-corrected chi connectivity index (χ4v) is 11.3. The lowest BCUT2D eigenvalue weighted by molar-refractivity contribution is -0.155. The molecule has 3 fully saturated rings. The molecule has 6 heterocycles. The minimum absolute atomic E-state index is 0.132. The summed E-state index contributed by atoms with van der Waals surface area (Å²) in [4.78, 5) is 83.0. The molecule has 1 N–H and O–H groups in total. The number of hydrogen-bond donors (Lipinski definition) is 1. The number of amides is 4. The van der Waals surface area contributed by atoms with E-state index < -0.39 is 35.2 Å². The molecule has 72 heavy (non-hydrogen) atoms. The summed E-state index contributed by atoms with van der Waals surface area (Å²) in [5.74, 6) is -2.70. The van der Waals surface area contributed by atoms with Gasteiger partial charge in [0.15, 0.2) is 0 Å². The highest BCUT2D eigenvalue weighted by Gasteiger charge is 2.40. The van der Waals surface area contributed by atoms with Gasteiger partial charge in [-0.05, 0) is 92.0 Å². The number of carbonyl (C=O) groups is 5. The number of fused-ring (bicyclic) bond motifs is 6. The maximum atomic E-state index is 14.9. The van der Waals surface area contributed by atoms with Gasteiger partial charge < -0.3 is 38.8 Å². The van der Waals surface area contributed by atoms with Gasteiger partial charge >= 0.3 is 5.97 Å². The predicted octanol–water partition coefficient (Wildman–Crippen LogP) is 6.71. The summed E-state index contributed by atoms with van der Waals surface area (Å²) < 4.78 is 19.8. The molecule has 4 aromatic rings. The van der Waals surface area contributed by atoms with Crippen LogP contribution in [0.4, 0.5) is 0 Å². The molecule has 6 bridgehead atoms. The van der Waals surface area contributed by atoms with Crippen molar-refractivity contribution in [2.45, 2.75) is 98.4 Å².